The second kappa shape index (κ2) is 4.40. The number of hydrogen-bond acceptors (Lipinski definition) is 3. The van der Waals surface area contributed by atoms with E-state index < -0.39 is 0 Å². The second-order valence-electron chi connectivity index (χ2n) is 5.64. The Kier molecular flexibility index (Phi) is 3.80. The van der Waals surface area contributed by atoms with Crippen molar-refractivity contribution >= 4 is 0 Å². The Morgan fingerprint density at radius 2 is 1.80 bits per heavy atom. The SMILES string of the molecule is CC1CC(CCO)(C(C)(C)N)CC(C)O1. The van der Waals surface area contributed by atoms with Gasteiger partial charge in [0.1, 0.15) is 0 Å². The average molecular weight is 215 g/mol. The average Bonchev–Trinajstić information content (AvgIpc) is 1.99. The Balaban J connectivity index is 2.89. The van der Waals surface area contributed by atoms with Crippen LogP contribution in [0.15, 0.2) is 0 Å². The van der Waals surface area contributed by atoms with Crippen LogP contribution in [0.5, 0.6) is 0 Å². The first-order valence-electron chi connectivity index (χ1n) is 5.86. The highest BCUT2D eigenvalue weighted by atomic mass is 16.5. The summed E-state index contributed by atoms with van der Waals surface area (Å²) in [5.41, 5.74) is 6.04. The van der Waals surface area contributed by atoms with E-state index >= 15 is 0 Å². The summed E-state index contributed by atoms with van der Waals surface area (Å²) >= 11 is 0. The molecule has 1 heterocycles. The lowest BCUT2D eigenvalue weighted by molar-refractivity contribution is -0.114. The molecule has 3 N–H and O–H groups in total. The van der Waals surface area contributed by atoms with Crippen LogP contribution in [0.1, 0.15) is 47.0 Å². The van der Waals surface area contributed by atoms with Crippen LogP contribution in [0.3, 0.4) is 0 Å². The van der Waals surface area contributed by atoms with Crippen LogP contribution in [-0.4, -0.2) is 29.5 Å². The van der Waals surface area contributed by atoms with Crippen LogP contribution >= 0.6 is 0 Å². The van der Waals surface area contributed by atoms with E-state index in [2.05, 4.69) is 27.7 Å². The molecule has 1 rings (SSSR count). The summed E-state index contributed by atoms with van der Waals surface area (Å²) in [6, 6.07) is 0. The van der Waals surface area contributed by atoms with Crippen LogP contribution in [0.4, 0.5) is 0 Å². The first-order chi connectivity index (χ1) is 6.81. The Bertz CT molecular complexity index is 200. The van der Waals surface area contributed by atoms with Crippen molar-refractivity contribution in [1.29, 1.82) is 0 Å². The van der Waals surface area contributed by atoms with Crippen molar-refractivity contribution in [2.24, 2.45) is 11.1 Å². The summed E-state index contributed by atoms with van der Waals surface area (Å²) in [5.74, 6) is 0. The van der Waals surface area contributed by atoms with Crippen molar-refractivity contribution < 1.29 is 9.84 Å². The summed E-state index contributed by atoms with van der Waals surface area (Å²) in [4.78, 5) is 0. The zero-order valence-corrected chi connectivity index (χ0v) is 10.4. The maximum Gasteiger partial charge on any atom is 0.0556 e. The minimum Gasteiger partial charge on any atom is -0.396 e. The van der Waals surface area contributed by atoms with Gasteiger partial charge < -0.3 is 15.6 Å². The predicted octanol–water partition coefficient (Wildman–Crippen LogP) is 1.68. The third-order valence-electron chi connectivity index (χ3n) is 3.78. The van der Waals surface area contributed by atoms with Crippen molar-refractivity contribution in [3.63, 3.8) is 0 Å². The van der Waals surface area contributed by atoms with Gasteiger partial charge in [-0.2, -0.15) is 0 Å². The molecule has 2 atom stereocenters. The van der Waals surface area contributed by atoms with Gasteiger partial charge in [-0.05, 0) is 52.4 Å². The Morgan fingerprint density at radius 3 is 2.13 bits per heavy atom. The standard InChI is InChI=1S/C12H25NO2/c1-9-7-12(5-6-14,11(3,4)13)8-10(2)15-9/h9-10,14H,5-8,13H2,1-4H3. The summed E-state index contributed by atoms with van der Waals surface area (Å²) in [5, 5.41) is 9.22. The van der Waals surface area contributed by atoms with Crippen LogP contribution < -0.4 is 5.73 Å². The number of rotatable bonds is 3. The van der Waals surface area contributed by atoms with E-state index in [1.807, 2.05) is 0 Å². The molecular formula is C12H25NO2. The zero-order valence-electron chi connectivity index (χ0n) is 10.4. The summed E-state index contributed by atoms with van der Waals surface area (Å²) in [6.45, 7) is 8.52. The number of aliphatic hydroxyl groups excluding tert-OH is 1. The van der Waals surface area contributed by atoms with Gasteiger partial charge in [0.25, 0.3) is 0 Å². The van der Waals surface area contributed by atoms with E-state index in [0.29, 0.717) is 0 Å². The van der Waals surface area contributed by atoms with Crippen LogP contribution in [0.2, 0.25) is 0 Å². The van der Waals surface area contributed by atoms with Crippen LogP contribution in [0.25, 0.3) is 0 Å². The van der Waals surface area contributed by atoms with E-state index in [1.54, 1.807) is 0 Å². The third kappa shape index (κ3) is 2.71. The van der Waals surface area contributed by atoms with Gasteiger partial charge in [0, 0.05) is 12.1 Å². The van der Waals surface area contributed by atoms with E-state index in [9.17, 15) is 5.11 Å². The Hall–Kier alpha value is -0.120. The van der Waals surface area contributed by atoms with E-state index in [0.717, 1.165) is 19.3 Å². The summed E-state index contributed by atoms with van der Waals surface area (Å²) < 4.78 is 5.75. The predicted molar refractivity (Wildman–Crippen MR) is 61.6 cm³/mol. The van der Waals surface area contributed by atoms with Crippen molar-refractivity contribution in [2.75, 3.05) is 6.61 Å². The molecule has 0 aromatic carbocycles. The molecule has 0 spiro atoms. The molecule has 2 unspecified atom stereocenters. The monoisotopic (exact) mass is 215 g/mol. The number of aliphatic hydroxyl groups is 1. The van der Waals surface area contributed by atoms with Crippen molar-refractivity contribution in [1.82, 2.24) is 0 Å². The molecule has 3 heteroatoms. The molecular weight excluding hydrogens is 190 g/mol. The molecule has 0 radical (unpaired) electrons. The van der Waals surface area contributed by atoms with Gasteiger partial charge in [0.15, 0.2) is 0 Å². The van der Waals surface area contributed by atoms with Gasteiger partial charge in [-0.15, -0.1) is 0 Å². The lowest BCUT2D eigenvalue weighted by atomic mass is 9.62. The van der Waals surface area contributed by atoms with Crippen molar-refractivity contribution in [3.05, 3.63) is 0 Å². The van der Waals surface area contributed by atoms with Gasteiger partial charge in [-0.1, -0.05) is 0 Å². The van der Waals surface area contributed by atoms with E-state index in [1.165, 1.54) is 0 Å². The highest BCUT2D eigenvalue weighted by Gasteiger charge is 2.46. The van der Waals surface area contributed by atoms with Gasteiger partial charge >= 0.3 is 0 Å². The molecule has 0 aliphatic carbocycles. The number of hydrogen-bond donors (Lipinski definition) is 2. The normalized spacial score (nSPS) is 38.0. The van der Waals surface area contributed by atoms with Crippen LogP contribution in [-0.2, 0) is 4.74 Å². The quantitative estimate of drug-likeness (QED) is 0.753. The minimum absolute atomic E-state index is 0.0127. The minimum atomic E-state index is -0.262. The molecule has 1 fully saturated rings. The Labute approximate surface area is 93.0 Å². The first kappa shape index (κ1) is 12.9. The Morgan fingerprint density at radius 1 is 1.33 bits per heavy atom. The number of ether oxygens (including phenoxy) is 1. The molecule has 1 aliphatic rings. The lowest BCUT2D eigenvalue weighted by Crippen LogP contribution is -2.56. The molecule has 1 aliphatic heterocycles. The van der Waals surface area contributed by atoms with Gasteiger partial charge in [0.2, 0.25) is 0 Å². The second-order valence-corrected chi connectivity index (χ2v) is 5.64. The van der Waals surface area contributed by atoms with E-state index in [-0.39, 0.29) is 29.8 Å². The molecule has 3 nitrogen and oxygen atoms in total. The molecule has 15 heavy (non-hydrogen) atoms. The lowest BCUT2D eigenvalue weighted by Gasteiger charge is -2.50. The van der Waals surface area contributed by atoms with Crippen molar-refractivity contribution in [2.45, 2.75) is 64.7 Å². The highest BCUT2D eigenvalue weighted by Crippen LogP contribution is 2.46. The maximum atomic E-state index is 9.22. The van der Waals surface area contributed by atoms with E-state index in [4.69, 9.17) is 10.5 Å². The zero-order chi connectivity index (χ0) is 11.7. The molecule has 90 valence electrons. The fourth-order valence-electron chi connectivity index (χ4n) is 2.94. The maximum absolute atomic E-state index is 9.22. The summed E-state index contributed by atoms with van der Waals surface area (Å²) in [6.07, 6.45) is 3.14. The van der Waals surface area contributed by atoms with Crippen molar-refractivity contribution in [3.8, 4) is 0 Å². The fraction of sp³-hybridized carbons (Fsp3) is 1.00. The smallest absolute Gasteiger partial charge is 0.0556 e. The fourth-order valence-corrected chi connectivity index (χ4v) is 2.94. The topological polar surface area (TPSA) is 55.5 Å². The molecule has 1 saturated heterocycles. The van der Waals surface area contributed by atoms with Gasteiger partial charge in [0.05, 0.1) is 12.2 Å². The molecule has 0 saturated carbocycles. The molecule has 0 bridgehead atoms. The third-order valence-corrected chi connectivity index (χ3v) is 3.78. The molecule has 0 amide bonds. The highest BCUT2D eigenvalue weighted by molar-refractivity contribution is 5.00. The molecule has 0 aromatic rings. The van der Waals surface area contributed by atoms with Gasteiger partial charge in [-0.25, -0.2) is 0 Å². The van der Waals surface area contributed by atoms with Gasteiger partial charge in [-0.3, -0.25) is 0 Å². The summed E-state index contributed by atoms with van der Waals surface area (Å²) in [7, 11) is 0. The van der Waals surface area contributed by atoms with Crippen LogP contribution in [0, 0.1) is 5.41 Å². The first-order valence-corrected chi connectivity index (χ1v) is 5.86. The molecule has 0 aromatic heterocycles. The largest absolute Gasteiger partial charge is 0.396 e. The number of nitrogens with two attached hydrogens (primary N) is 1.